The van der Waals surface area contributed by atoms with Gasteiger partial charge in [0, 0.05) is 6.42 Å². The predicted molar refractivity (Wildman–Crippen MR) is 67.5 cm³/mol. The third kappa shape index (κ3) is 3.96. The quantitative estimate of drug-likeness (QED) is 0.621. The zero-order valence-corrected chi connectivity index (χ0v) is 10.0. The third-order valence-corrected chi connectivity index (χ3v) is 2.33. The summed E-state index contributed by atoms with van der Waals surface area (Å²) >= 11 is 0. The summed E-state index contributed by atoms with van der Waals surface area (Å²) in [4.78, 5) is 0. The molecule has 0 saturated carbocycles. The van der Waals surface area contributed by atoms with Crippen LogP contribution in [0.3, 0.4) is 0 Å². The normalized spacial score (nSPS) is 9.44. The van der Waals surface area contributed by atoms with Crippen LogP contribution >= 0.6 is 0 Å². The van der Waals surface area contributed by atoms with E-state index in [0.29, 0.717) is 0 Å². The summed E-state index contributed by atoms with van der Waals surface area (Å²) < 4.78 is 5.26. The van der Waals surface area contributed by atoms with Gasteiger partial charge < -0.3 is 10.5 Å². The molecule has 2 N–H and O–H groups in total. The first kappa shape index (κ1) is 12.6. The molecule has 0 bridgehead atoms. The molecule has 16 heavy (non-hydrogen) atoms. The molecule has 0 aliphatic heterocycles. The van der Waals surface area contributed by atoms with E-state index in [0.717, 1.165) is 37.1 Å². The number of hydrogen-bond acceptors (Lipinski definition) is 2. The van der Waals surface area contributed by atoms with E-state index in [9.17, 15) is 0 Å². The molecule has 0 aliphatic rings. The van der Waals surface area contributed by atoms with Crippen molar-refractivity contribution in [3.8, 4) is 17.6 Å². The maximum absolute atomic E-state index is 5.42. The number of aryl methyl sites for hydroxylation is 1. The number of hydrogen-bond donors (Lipinski definition) is 1. The molecule has 1 rings (SSSR count). The van der Waals surface area contributed by atoms with Gasteiger partial charge in [0.15, 0.2) is 0 Å². The Morgan fingerprint density at radius 1 is 1.31 bits per heavy atom. The number of rotatable bonds is 4. The first-order chi connectivity index (χ1) is 7.77. The van der Waals surface area contributed by atoms with E-state index in [1.54, 1.807) is 7.11 Å². The first-order valence-corrected chi connectivity index (χ1v) is 5.61. The second-order valence-electron chi connectivity index (χ2n) is 3.75. The van der Waals surface area contributed by atoms with Crippen LogP contribution in [0.4, 0.5) is 0 Å². The van der Waals surface area contributed by atoms with Gasteiger partial charge in [-0.15, -0.1) is 0 Å². The lowest BCUT2D eigenvalue weighted by atomic mass is 10.1. The molecule has 0 fully saturated rings. The van der Waals surface area contributed by atoms with E-state index in [2.05, 4.69) is 24.8 Å². The van der Waals surface area contributed by atoms with Gasteiger partial charge in [0.2, 0.25) is 0 Å². The second kappa shape index (κ2) is 6.92. The van der Waals surface area contributed by atoms with Gasteiger partial charge in [0.25, 0.3) is 0 Å². The minimum atomic E-state index is 0.745. The molecule has 0 radical (unpaired) electrons. The van der Waals surface area contributed by atoms with Crippen LogP contribution in [0, 0.1) is 18.8 Å². The SMILES string of the molecule is COc1ccc(C)cc1C#CCCCCN. The predicted octanol–water partition coefficient (Wildman–Crippen LogP) is 2.48. The summed E-state index contributed by atoms with van der Waals surface area (Å²) in [7, 11) is 1.67. The maximum atomic E-state index is 5.42. The van der Waals surface area contributed by atoms with Crippen LogP contribution in [0.1, 0.15) is 30.4 Å². The van der Waals surface area contributed by atoms with E-state index >= 15 is 0 Å². The Morgan fingerprint density at radius 2 is 2.12 bits per heavy atom. The molecule has 2 heteroatoms. The van der Waals surface area contributed by atoms with Crippen molar-refractivity contribution in [3.05, 3.63) is 29.3 Å². The molecule has 0 atom stereocenters. The van der Waals surface area contributed by atoms with E-state index in [-0.39, 0.29) is 0 Å². The zero-order chi connectivity index (χ0) is 11.8. The van der Waals surface area contributed by atoms with Gasteiger partial charge in [-0.1, -0.05) is 17.9 Å². The maximum Gasteiger partial charge on any atom is 0.134 e. The Morgan fingerprint density at radius 3 is 2.81 bits per heavy atom. The van der Waals surface area contributed by atoms with Crippen molar-refractivity contribution in [2.75, 3.05) is 13.7 Å². The van der Waals surface area contributed by atoms with Crippen LogP contribution in [0.15, 0.2) is 18.2 Å². The van der Waals surface area contributed by atoms with Crippen LogP contribution in [0.25, 0.3) is 0 Å². The molecule has 2 nitrogen and oxygen atoms in total. The van der Waals surface area contributed by atoms with Gasteiger partial charge in [-0.05, 0) is 44.0 Å². The Hall–Kier alpha value is -1.46. The Kier molecular flexibility index (Phi) is 5.45. The number of nitrogens with two attached hydrogens (primary N) is 1. The van der Waals surface area contributed by atoms with Crippen molar-refractivity contribution in [1.82, 2.24) is 0 Å². The fraction of sp³-hybridized carbons (Fsp3) is 0.429. The van der Waals surface area contributed by atoms with Crippen molar-refractivity contribution in [2.45, 2.75) is 26.2 Å². The van der Waals surface area contributed by atoms with Crippen molar-refractivity contribution < 1.29 is 4.74 Å². The van der Waals surface area contributed by atoms with Gasteiger partial charge in [0.1, 0.15) is 5.75 Å². The lowest BCUT2D eigenvalue weighted by molar-refractivity contribution is 0.413. The van der Waals surface area contributed by atoms with Gasteiger partial charge in [-0.3, -0.25) is 0 Å². The van der Waals surface area contributed by atoms with Crippen molar-refractivity contribution in [1.29, 1.82) is 0 Å². The van der Waals surface area contributed by atoms with E-state index in [4.69, 9.17) is 10.5 Å². The molecular formula is C14H19NO. The van der Waals surface area contributed by atoms with Crippen molar-refractivity contribution in [3.63, 3.8) is 0 Å². The summed E-state index contributed by atoms with van der Waals surface area (Å²) in [6.45, 7) is 2.80. The van der Waals surface area contributed by atoms with Crippen LogP contribution in [0.2, 0.25) is 0 Å². The molecule has 0 heterocycles. The number of unbranched alkanes of at least 4 members (excludes halogenated alkanes) is 2. The average Bonchev–Trinajstić information content (AvgIpc) is 2.29. The fourth-order valence-corrected chi connectivity index (χ4v) is 1.43. The molecule has 0 aromatic heterocycles. The van der Waals surface area contributed by atoms with E-state index < -0.39 is 0 Å². The van der Waals surface area contributed by atoms with Crippen molar-refractivity contribution in [2.24, 2.45) is 5.73 Å². The molecular weight excluding hydrogens is 198 g/mol. The number of ether oxygens (including phenoxy) is 1. The Bertz CT molecular complexity index is 387. The van der Waals surface area contributed by atoms with Crippen molar-refractivity contribution >= 4 is 0 Å². The fourth-order valence-electron chi connectivity index (χ4n) is 1.43. The smallest absolute Gasteiger partial charge is 0.134 e. The van der Waals surface area contributed by atoms with Crippen LogP contribution < -0.4 is 10.5 Å². The average molecular weight is 217 g/mol. The van der Waals surface area contributed by atoms with Crippen LogP contribution in [-0.4, -0.2) is 13.7 Å². The highest BCUT2D eigenvalue weighted by Crippen LogP contribution is 2.18. The Balaban J connectivity index is 2.67. The molecule has 0 saturated heterocycles. The summed E-state index contributed by atoms with van der Waals surface area (Å²) in [6, 6.07) is 6.03. The van der Waals surface area contributed by atoms with Gasteiger partial charge in [0.05, 0.1) is 12.7 Å². The summed E-state index contributed by atoms with van der Waals surface area (Å²) in [5.74, 6) is 7.15. The highest BCUT2D eigenvalue weighted by molar-refractivity contribution is 5.47. The molecule has 1 aromatic rings. The number of methoxy groups -OCH3 is 1. The largest absolute Gasteiger partial charge is 0.495 e. The van der Waals surface area contributed by atoms with Gasteiger partial charge in [-0.2, -0.15) is 0 Å². The van der Waals surface area contributed by atoms with E-state index in [1.807, 2.05) is 12.1 Å². The molecule has 86 valence electrons. The third-order valence-electron chi connectivity index (χ3n) is 2.33. The topological polar surface area (TPSA) is 35.2 Å². The summed E-state index contributed by atoms with van der Waals surface area (Å²) in [6.07, 6.45) is 3.01. The molecule has 0 spiro atoms. The standard InChI is InChI=1S/C14H19NO/c1-12-8-9-14(16-2)13(11-12)7-5-3-4-6-10-15/h8-9,11H,3-4,6,10,15H2,1-2H3. The highest BCUT2D eigenvalue weighted by atomic mass is 16.5. The molecule has 1 aromatic carbocycles. The van der Waals surface area contributed by atoms with Gasteiger partial charge >= 0.3 is 0 Å². The summed E-state index contributed by atoms with van der Waals surface area (Å²) in [5.41, 5.74) is 7.59. The molecule has 0 amide bonds. The summed E-state index contributed by atoms with van der Waals surface area (Å²) in [5, 5.41) is 0. The van der Waals surface area contributed by atoms with E-state index in [1.165, 1.54) is 5.56 Å². The highest BCUT2D eigenvalue weighted by Gasteiger charge is 1.98. The molecule has 0 unspecified atom stereocenters. The Labute approximate surface area is 97.8 Å². The van der Waals surface area contributed by atoms with Crippen LogP contribution in [0.5, 0.6) is 5.75 Å². The zero-order valence-electron chi connectivity index (χ0n) is 10.0. The second-order valence-corrected chi connectivity index (χ2v) is 3.75. The van der Waals surface area contributed by atoms with Crippen LogP contribution in [-0.2, 0) is 0 Å². The lowest BCUT2D eigenvalue weighted by Crippen LogP contribution is -1.97. The lowest BCUT2D eigenvalue weighted by Gasteiger charge is -2.03. The minimum absolute atomic E-state index is 0.745. The number of benzene rings is 1. The minimum Gasteiger partial charge on any atom is -0.495 e. The molecule has 0 aliphatic carbocycles. The monoisotopic (exact) mass is 217 g/mol. The first-order valence-electron chi connectivity index (χ1n) is 5.61. The van der Waals surface area contributed by atoms with Gasteiger partial charge in [-0.25, -0.2) is 0 Å².